The SMILES string of the molecule is CC(C)(F)OCF. The summed E-state index contributed by atoms with van der Waals surface area (Å²) >= 11 is 0. The van der Waals surface area contributed by atoms with Gasteiger partial charge in [0.1, 0.15) is 0 Å². The summed E-state index contributed by atoms with van der Waals surface area (Å²) in [6, 6.07) is 0. The first kappa shape index (κ1) is 6.82. The second kappa shape index (κ2) is 2.21. The number of rotatable bonds is 2. The van der Waals surface area contributed by atoms with Gasteiger partial charge in [-0.3, -0.25) is 0 Å². The molecule has 0 spiro atoms. The van der Waals surface area contributed by atoms with E-state index in [1.165, 1.54) is 0 Å². The van der Waals surface area contributed by atoms with Crippen LogP contribution in [0.15, 0.2) is 0 Å². The van der Waals surface area contributed by atoms with Gasteiger partial charge in [-0.25, -0.2) is 8.78 Å². The first-order valence-corrected chi connectivity index (χ1v) is 1.95. The van der Waals surface area contributed by atoms with Crippen molar-refractivity contribution in [1.29, 1.82) is 0 Å². The minimum Gasteiger partial charge on any atom is -0.315 e. The van der Waals surface area contributed by atoms with Crippen LogP contribution in [0.25, 0.3) is 0 Å². The first-order valence-electron chi connectivity index (χ1n) is 1.95. The highest BCUT2D eigenvalue weighted by molar-refractivity contribution is 4.44. The van der Waals surface area contributed by atoms with Crippen molar-refractivity contribution in [2.45, 2.75) is 19.7 Å². The van der Waals surface area contributed by atoms with Crippen molar-refractivity contribution in [3.05, 3.63) is 0 Å². The van der Waals surface area contributed by atoms with Gasteiger partial charge < -0.3 is 4.74 Å². The average molecular weight is 110 g/mol. The van der Waals surface area contributed by atoms with Crippen LogP contribution < -0.4 is 0 Å². The predicted molar refractivity (Wildman–Crippen MR) is 22.2 cm³/mol. The van der Waals surface area contributed by atoms with Crippen molar-refractivity contribution < 1.29 is 13.5 Å². The van der Waals surface area contributed by atoms with E-state index in [-0.39, 0.29) is 0 Å². The molecule has 0 bridgehead atoms. The van der Waals surface area contributed by atoms with E-state index in [0.29, 0.717) is 0 Å². The molecule has 0 N–H and O–H groups in total. The third-order valence-electron chi connectivity index (χ3n) is 0.398. The number of halogens is 2. The molecule has 0 aromatic carbocycles. The molecule has 3 heteroatoms. The van der Waals surface area contributed by atoms with Crippen LogP contribution in [0, 0.1) is 0 Å². The normalized spacial score (nSPS) is 12.0. The number of hydrogen-bond acceptors (Lipinski definition) is 1. The van der Waals surface area contributed by atoms with E-state index in [9.17, 15) is 8.78 Å². The van der Waals surface area contributed by atoms with Crippen LogP contribution in [-0.2, 0) is 4.74 Å². The molecule has 0 aliphatic heterocycles. The highest BCUT2D eigenvalue weighted by Crippen LogP contribution is 2.08. The number of ether oxygens (including phenoxy) is 1. The molecule has 0 atom stereocenters. The van der Waals surface area contributed by atoms with E-state index in [0.717, 1.165) is 13.8 Å². The summed E-state index contributed by atoms with van der Waals surface area (Å²) in [7, 11) is 0. The van der Waals surface area contributed by atoms with E-state index in [1.807, 2.05) is 0 Å². The highest BCUT2D eigenvalue weighted by atomic mass is 19.2. The Bertz CT molecular complexity index is 48.1. The molecule has 0 radical (unpaired) electrons. The van der Waals surface area contributed by atoms with E-state index in [1.54, 1.807) is 0 Å². The Balaban J connectivity index is 3.15. The summed E-state index contributed by atoms with van der Waals surface area (Å²) in [4.78, 5) is 0. The Hall–Kier alpha value is -0.180. The molecule has 0 aliphatic carbocycles. The Morgan fingerprint density at radius 3 is 2.00 bits per heavy atom. The maximum absolute atomic E-state index is 11.9. The van der Waals surface area contributed by atoms with Crippen LogP contribution in [0.1, 0.15) is 13.8 Å². The lowest BCUT2D eigenvalue weighted by molar-refractivity contribution is -0.144. The Labute approximate surface area is 41.3 Å². The van der Waals surface area contributed by atoms with Crippen molar-refractivity contribution in [1.82, 2.24) is 0 Å². The molecule has 44 valence electrons. The summed E-state index contributed by atoms with van der Waals surface area (Å²) < 4.78 is 26.8. The van der Waals surface area contributed by atoms with Gasteiger partial charge in [0, 0.05) is 0 Å². The van der Waals surface area contributed by atoms with Gasteiger partial charge in [0.25, 0.3) is 0 Å². The molecule has 0 aromatic rings. The van der Waals surface area contributed by atoms with Crippen molar-refractivity contribution >= 4 is 0 Å². The predicted octanol–water partition coefficient (Wildman–Crippen LogP) is 1.64. The van der Waals surface area contributed by atoms with Crippen LogP contribution in [0.5, 0.6) is 0 Å². The van der Waals surface area contributed by atoms with Gasteiger partial charge in [-0.1, -0.05) is 0 Å². The summed E-state index contributed by atoms with van der Waals surface area (Å²) in [6.45, 7) is 1.22. The second-order valence-electron chi connectivity index (χ2n) is 1.62. The lowest BCUT2D eigenvalue weighted by atomic mass is 10.4. The third kappa shape index (κ3) is 5.82. The molecule has 0 saturated heterocycles. The molecular weight excluding hydrogens is 102 g/mol. The molecule has 0 rings (SSSR count). The topological polar surface area (TPSA) is 9.23 Å². The van der Waals surface area contributed by atoms with Gasteiger partial charge in [-0.2, -0.15) is 0 Å². The molecule has 1 nitrogen and oxygen atoms in total. The lowest BCUT2D eigenvalue weighted by Gasteiger charge is -2.10. The summed E-state index contributed by atoms with van der Waals surface area (Å²) in [5.41, 5.74) is 0. The molecule has 0 aliphatic rings. The second-order valence-corrected chi connectivity index (χ2v) is 1.62. The quantitative estimate of drug-likeness (QED) is 0.525. The van der Waals surface area contributed by atoms with Crippen LogP contribution in [-0.4, -0.2) is 12.7 Å². The van der Waals surface area contributed by atoms with Crippen LogP contribution in [0.2, 0.25) is 0 Å². The van der Waals surface area contributed by atoms with Crippen molar-refractivity contribution in [3.8, 4) is 0 Å². The van der Waals surface area contributed by atoms with Crippen molar-refractivity contribution in [2.24, 2.45) is 0 Å². The van der Waals surface area contributed by atoms with Crippen LogP contribution in [0.3, 0.4) is 0 Å². The van der Waals surface area contributed by atoms with E-state index in [2.05, 4.69) is 4.74 Å². The van der Waals surface area contributed by atoms with Gasteiger partial charge in [-0.15, -0.1) is 0 Å². The largest absolute Gasteiger partial charge is 0.315 e. The maximum atomic E-state index is 11.9. The molecule has 0 saturated carbocycles. The van der Waals surface area contributed by atoms with Crippen molar-refractivity contribution in [3.63, 3.8) is 0 Å². The maximum Gasteiger partial charge on any atom is 0.206 e. The standard InChI is InChI=1S/C4H8F2O/c1-4(2,6)7-3-5/h3H2,1-2H3. The molecule has 0 heterocycles. The summed E-state index contributed by atoms with van der Waals surface area (Å²) in [6.07, 6.45) is 0. The fourth-order valence-electron chi connectivity index (χ4n) is 0.130. The van der Waals surface area contributed by atoms with Crippen LogP contribution >= 0.6 is 0 Å². The van der Waals surface area contributed by atoms with Gasteiger partial charge in [0.2, 0.25) is 5.85 Å². The number of alkyl halides is 2. The zero-order chi connectivity index (χ0) is 5.91. The molecule has 7 heavy (non-hydrogen) atoms. The Morgan fingerprint density at radius 2 is 2.00 bits per heavy atom. The van der Waals surface area contributed by atoms with E-state index >= 15 is 0 Å². The minimum atomic E-state index is -1.82. The third-order valence-corrected chi connectivity index (χ3v) is 0.398. The van der Waals surface area contributed by atoms with E-state index in [4.69, 9.17) is 0 Å². The fourth-order valence-corrected chi connectivity index (χ4v) is 0.130. The Morgan fingerprint density at radius 1 is 1.57 bits per heavy atom. The monoisotopic (exact) mass is 110 g/mol. The average Bonchev–Trinajstić information content (AvgIpc) is 1.30. The molecule has 0 aromatic heterocycles. The first-order chi connectivity index (χ1) is 3.06. The highest BCUT2D eigenvalue weighted by Gasteiger charge is 2.13. The van der Waals surface area contributed by atoms with E-state index < -0.39 is 12.7 Å². The molecule has 0 amide bonds. The molecular formula is C4H8F2O. The van der Waals surface area contributed by atoms with Gasteiger partial charge in [0.05, 0.1) is 0 Å². The molecule has 0 unspecified atom stereocenters. The van der Waals surface area contributed by atoms with Gasteiger partial charge >= 0.3 is 0 Å². The van der Waals surface area contributed by atoms with Crippen LogP contribution in [0.4, 0.5) is 8.78 Å². The zero-order valence-corrected chi connectivity index (χ0v) is 4.37. The minimum absolute atomic E-state index is 1.07. The zero-order valence-electron chi connectivity index (χ0n) is 4.37. The van der Waals surface area contributed by atoms with Crippen molar-refractivity contribution in [2.75, 3.05) is 6.86 Å². The Kier molecular flexibility index (Phi) is 2.15. The smallest absolute Gasteiger partial charge is 0.206 e. The van der Waals surface area contributed by atoms with Gasteiger partial charge in [0.15, 0.2) is 6.86 Å². The summed E-state index contributed by atoms with van der Waals surface area (Å²) in [5.74, 6) is -1.82. The lowest BCUT2D eigenvalue weighted by Crippen LogP contribution is -2.15. The molecule has 0 fully saturated rings. The summed E-state index contributed by atoms with van der Waals surface area (Å²) in [5, 5.41) is 0. The fraction of sp³-hybridized carbons (Fsp3) is 1.00. The van der Waals surface area contributed by atoms with Gasteiger partial charge in [-0.05, 0) is 13.8 Å². The number of hydrogen-bond donors (Lipinski definition) is 0.